The highest BCUT2D eigenvalue weighted by molar-refractivity contribution is 5.79. The number of amides is 1. The highest BCUT2D eigenvalue weighted by Crippen LogP contribution is 2.31. The Labute approximate surface area is 122 Å². The Morgan fingerprint density at radius 2 is 2.24 bits per heavy atom. The third-order valence-electron chi connectivity index (χ3n) is 3.89. The van der Waals surface area contributed by atoms with Crippen LogP contribution in [0, 0.1) is 11.8 Å². The Morgan fingerprint density at radius 3 is 2.95 bits per heavy atom. The molecule has 1 aromatic rings. The highest BCUT2D eigenvalue weighted by atomic mass is 19.3. The quantitative estimate of drug-likeness (QED) is 0.847. The lowest BCUT2D eigenvalue weighted by Gasteiger charge is -2.17. The first-order valence-corrected chi connectivity index (χ1v) is 7.11. The van der Waals surface area contributed by atoms with Crippen molar-refractivity contribution in [1.82, 2.24) is 5.32 Å². The molecule has 116 valence electrons. The topological polar surface area (TPSA) is 64.4 Å². The summed E-state index contributed by atoms with van der Waals surface area (Å²) < 4.78 is 28.6. The summed E-state index contributed by atoms with van der Waals surface area (Å²) in [5, 5.41) is 2.85. The maximum absolute atomic E-state index is 12.1. The van der Waals surface area contributed by atoms with Crippen molar-refractivity contribution in [3.05, 3.63) is 29.8 Å². The molecule has 0 unspecified atom stereocenters. The number of carbonyl (C=O) groups is 1. The minimum Gasteiger partial charge on any atom is -0.435 e. The first-order chi connectivity index (χ1) is 10.1. The summed E-state index contributed by atoms with van der Waals surface area (Å²) in [5.41, 5.74) is 6.39. The van der Waals surface area contributed by atoms with E-state index in [2.05, 4.69) is 10.1 Å². The smallest absolute Gasteiger partial charge is 0.387 e. The van der Waals surface area contributed by atoms with Crippen molar-refractivity contribution in [2.24, 2.45) is 17.6 Å². The van der Waals surface area contributed by atoms with E-state index in [9.17, 15) is 13.6 Å². The number of nitrogens with one attached hydrogen (secondary N) is 1. The summed E-state index contributed by atoms with van der Waals surface area (Å²) in [5.74, 6) is 0.301. The molecule has 2 rings (SSSR count). The number of carbonyl (C=O) groups excluding carboxylic acids is 1. The van der Waals surface area contributed by atoms with E-state index >= 15 is 0 Å². The molecular formula is C15H20F2N2O2. The van der Waals surface area contributed by atoms with Gasteiger partial charge in [0.2, 0.25) is 5.91 Å². The van der Waals surface area contributed by atoms with Crippen LogP contribution in [0.4, 0.5) is 8.78 Å². The molecule has 0 aliphatic heterocycles. The van der Waals surface area contributed by atoms with Gasteiger partial charge >= 0.3 is 6.61 Å². The van der Waals surface area contributed by atoms with Crippen molar-refractivity contribution in [2.75, 3.05) is 6.54 Å². The predicted octanol–water partition coefficient (Wildman–Crippen LogP) is 2.28. The van der Waals surface area contributed by atoms with E-state index in [1.807, 2.05) is 0 Å². The van der Waals surface area contributed by atoms with Gasteiger partial charge in [-0.3, -0.25) is 4.79 Å². The predicted molar refractivity (Wildman–Crippen MR) is 74.8 cm³/mol. The number of benzene rings is 1. The zero-order chi connectivity index (χ0) is 15.2. The van der Waals surface area contributed by atoms with Crippen LogP contribution in [-0.4, -0.2) is 19.1 Å². The second-order valence-corrected chi connectivity index (χ2v) is 5.28. The summed E-state index contributed by atoms with van der Waals surface area (Å²) in [6, 6.07) is 6.34. The number of halogens is 2. The molecule has 0 bridgehead atoms. The molecular weight excluding hydrogens is 278 g/mol. The Balaban J connectivity index is 1.89. The summed E-state index contributed by atoms with van der Waals surface area (Å²) in [7, 11) is 0. The number of hydrogen-bond acceptors (Lipinski definition) is 3. The fourth-order valence-electron chi connectivity index (χ4n) is 2.82. The van der Waals surface area contributed by atoms with Crippen LogP contribution in [0.2, 0.25) is 0 Å². The second-order valence-electron chi connectivity index (χ2n) is 5.28. The van der Waals surface area contributed by atoms with Crippen LogP contribution in [0.15, 0.2) is 24.3 Å². The van der Waals surface area contributed by atoms with Crippen LogP contribution in [-0.2, 0) is 11.3 Å². The van der Waals surface area contributed by atoms with Crippen molar-refractivity contribution in [2.45, 2.75) is 32.4 Å². The lowest BCUT2D eigenvalue weighted by Crippen LogP contribution is -2.34. The molecule has 1 aliphatic rings. The molecule has 0 heterocycles. The molecule has 21 heavy (non-hydrogen) atoms. The molecule has 0 radical (unpaired) electrons. The highest BCUT2D eigenvalue weighted by Gasteiger charge is 2.31. The van der Waals surface area contributed by atoms with Crippen molar-refractivity contribution in [1.29, 1.82) is 0 Å². The van der Waals surface area contributed by atoms with Crippen molar-refractivity contribution in [3.8, 4) is 5.75 Å². The van der Waals surface area contributed by atoms with Gasteiger partial charge in [-0.2, -0.15) is 8.78 Å². The summed E-state index contributed by atoms with van der Waals surface area (Å²) in [6.07, 6.45) is 2.88. The molecule has 1 amide bonds. The van der Waals surface area contributed by atoms with Crippen LogP contribution < -0.4 is 15.8 Å². The Morgan fingerprint density at radius 1 is 1.43 bits per heavy atom. The van der Waals surface area contributed by atoms with Crippen molar-refractivity contribution in [3.63, 3.8) is 0 Å². The molecule has 0 aromatic heterocycles. The average molecular weight is 298 g/mol. The van der Waals surface area contributed by atoms with Gasteiger partial charge in [-0.15, -0.1) is 0 Å². The third kappa shape index (κ3) is 4.39. The minimum absolute atomic E-state index is 0.0110. The van der Waals surface area contributed by atoms with E-state index in [1.54, 1.807) is 12.1 Å². The van der Waals surface area contributed by atoms with Gasteiger partial charge in [-0.25, -0.2) is 0 Å². The fraction of sp³-hybridized carbons (Fsp3) is 0.533. The lowest BCUT2D eigenvalue weighted by molar-refractivity contribution is -0.126. The number of ether oxygens (including phenoxy) is 1. The molecule has 0 spiro atoms. The van der Waals surface area contributed by atoms with E-state index in [-0.39, 0.29) is 23.5 Å². The van der Waals surface area contributed by atoms with Crippen LogP contribution >= 0.6 is 0 Å². The van der Waals surface area contributed by atoms with E-state index in [0.717, 1.165) is 24.8 Å². The maximum atomic E-state index is 12.1. The van der Waals surface area contributed by atoms with Crippen LogP contribution in [0.1, 0.15) is 24.8 Å². The molecule has 1 aliphatic carbocycles. The molecule has 2 atom stereocenters. The van der Waals surface area contributed by atoms with Gasteiger partial charge in [0.15, 0.2) is 0 Å². The van der Waals surface area contributed by atoms with E-state index in [4.69, 9.17) is 5.73 Å². The number of alkyl halides is 2. The summed E-state index contributed by atoms with van der Waals surface area (Å²) in [6.45, 7) is -2.03. The third-order valence-corrected chi connectivity index (χ3v) is 3.89. The van der Waals surface area contributed by atoms with Gasteiger partial charge in [0.1, 0.15) is 5.75 Å². The molecule has 3 N–H and O–H groups in total. The van der Waals surface area contributed by atoms with Gasteiger partial charge in [0.05, 0.1) is 0 Å². The van der Waals surface area contributed by atoms with Crippen molar-refractivity contribution < 1.29 is 18.3 Å². The summed E-state index contributed by atoms with van der Waals surface area (Å²) in [4.78, 5) is 12.1. The van der Waals surface area contributed by atoms with Gasteiger partial charge in [0, 0.05) is 12.5 Å². The van der Waals surface area contributed by atoms with E-state index < -0.39 is 6.61 Å². The normalized spacial score (nSPS) is 21.5. The SMILES string of the molecule is NC[C@H]1CCC[C@H]1C(=O)NCc1cccc(OC(F)F)c1. The standard InChI is InChI=1S/C15H20F2N2O2/c16-15(17)21-12-5-1-3-10(7-12)9-19-14(20)13-6-2-4-11(13)8-18/h1,3,5,7,11,13,15H,2,4,6,8-9,18H2,(H,19,20)/t11-,13-/m1/s1. The molecule has 0 saturated heterocycles. The van der Waals surface area contributed by atoms with Crippen LogP contribution in [0.25, 0.3) is 0 Å². The van der Waals surface area contributed by atoms with Gasteiger partial charge in [-0.1, -0.05) is 18.6 Å². The molecule has 6 heteroatoms. The minimum atomic E-state index is -2.85. The molecule has 1 saturated carbocycles. The van der Waals surface area contributed by atoms with Crippen LogP contribution in [0.3, 0.4) is 0 Å². The lowest BCUT2D eigenvalue weighted by atomic mass is 9.95. The van der Waals surface area contributed by atoms with E-state index in [1.165, 1.54) is 12.1 Å². The Kier molecular flexibility index (Phi) is 5.50. The average Bonchev–Trinajstić information content (AvgIpc) is 2.93. The Bertz CT molecular complexity index is 482. The molecule has 1 aromatic carbocycles. The second kappa shape index (κ2) is 7.36. The van der Waals surface area contributed by atoms with Crippen LogP contribution in [0.5, 0.6) is 5.75 Å². The number of nitrogens with two attached hydrogens (primary N) is 1. The van der Waals surface area contributed by atoms with E-state index in [0.29, 0.717) is 13.1 Å². The Hall–Kier alpha value is -1.69. The monoisotopic (exact) mass is 298 g/mol. The first-order valence-electron chi connectivity index (χ1n) is 7.11. The van der Waals surface area contributed by atoms with Crippen molar-refractivity contribution >= 4 is 5.91 Å². The molecule has 1 fully saturated rings. The molecule has 4 nitrogen and oxygen atoms in total. The number of hydrogen-bond donors (Lipinski definition) is 2. The van der Waals surface area contributed by atoms with Gasteiger partial charge in [0.25, 0.3) is 0 Å². The van der Waals surface area contributed by atoms with Gasteiger partial charge < -0.3 is 15.8 Å². The fourth-order valence-corrected chi connectivity index (χ4v) is 2.82. The zero-order valence-corrected chi connectivity index (χ0v) is 11.7. The largest absolute Gasteiger partial charge is 0.435 e. The number of rotatable bonds is 6. The first kappa shape index (κ1) is 15.7. The van der Waals surface area contributed by atoms with Gasteiger partial charge in [-0.05, 0) is 43.0 Å². The zero-order valence-electron chi connectivity index (χ0n) is 11.7. The maximum Gasteiger partial charge on any atom is 0.387 e. The summed E-state index contributed by atoms with van der Waals surface area (Å²) >= 11 is 0.